The Bertz CT molecular complexity index is 1050. The monoisotopic (exact) mass is 462 g/mol. The first kappa shape index (κ1) is 23.1. The minimum Gasteiger partial charge on any atom is -0.497 e. The van der Waals surface area contributed by atoms with Crippen molar-refractivity contribution in [2.24, 2.45) is 0 Å². The molecule has 1 heterocycles. The molecule has 1 aliphatic carbocycles. The summed E-state index contributed by atoms with van der Waals surface area (Å²) in [6.07, 6.45) is 4.48. The van der Waals surface area contributed by atoms with Gasteiger partial charge in [0.05, 0.1) is 13.5 Å². The van der Waals surface area contributed by atoms with Crippen LogP contribution >= 0.6 is 11.3 Å². The minimum absolute atomic E-state index is 0.0734. The number of hydrogen-bond donors (Lipinski definition) is 1. The Hall–Kier alpha value is -3.12. The lowest BCUT2D eigenvalue weighted by atomic mass is 10.0. The molecule has 1 unspecified atom stereocenters. The van der Waals surface area contributed by atoms with Gasteiger partial charge < -0.3 is 15.0 Å². The number of benzene rings is 2. The summed E-state index contributed by atoms with van der Waals surface area (Å²) >= 11 is 1.56. The van der Waals surface area contributed by atoms with Crippen LogP contribution in [-0.2, 0) is 22.6 Å². The van der Waals surface area contributed by atoms with Gasteiger partial charge >= 0.3 is 0 Å². The highest BCUT2D eigenvalue weighted by Gasteiger charge is 2.33. The van der Waals surface area contributed by atoms with Crippen LogP contribution < -0.4 is 10.1 Å². The largest absolute Gasteiger partial charge is 0.497 e. The maximum Gasteiger partial charge on any atom is 0.247 e. The molecule has 0 aliphatic heterocycles. The van der Waals surface area contributed by atoms with Crippen LogP contribution in [-0.4, -0.2) is 29.9 Å². The average molecular weight is 463 g/mol. The topological polar surface area (TPSA) is 58.6 Å². The van der Waals surface area contributed by atoms with E-state index in [1.807, 2.05) is 72.1 Å². The highest BCUT2D eigenvalue weighted by Crippen LogP contribution is 2.29. The molecule has 4 rings (SSSR count). The second kappa shape index (κ2) is 11.1. The molecule has 1 saturated carbocycles. The molecule has 3 aromatic rings. The van der Waals surface area contributed by atoms with Crippen molar-refractivity contribution in [2.45, 2.75) is 50.7 Å². The molecule has 6 heteroatoms. The molecular formula is C27H30N2O3S. The summed E-state index contributed by atoms with van der Waals surface area (Å²) in [5.74, 6) is 0.456. The van der Waals surface area contributed by atoms with E-state index < -0.39 is 6.04 Å². The predicted octanol–water partition coefficient (Wildman–Crippen LogP) is 5.13. The van der Waals surface area contributed by atoms with Crippen LogP contribution in [0.5, 0.6) is 5.75 Å². The quantitative estimate of drug-likeness (QED) is 0.480. The maximum atomic E-state index is 13.7. The molecule has 33 heavy (non-hydrogen) atoms. The van der Waals surface area contributed by atoms with Crippen molar-refractivity contribution in [2.75, 3.05) is 7.11 Å². The fourth-order valence-electron chi connectivity index (χ4n) is 4.40. The van der Waals surface area contributed by atoms with Gasteiger partial charge in [-0.1, -0.05) is 61.4 Å². The number of methoxy groups -OCH3 is 1. The van der Waals surface area contributed by atoms with Crippen molar-refractivity contribution < 1.29 is 14.3 Å². The zero-order valence-electron chi connectivity index (χ0n) is 18.9. The summed E-state index contributed by atoms with van der Waals surface area (Å²) in [5, 5.41) is 5.19. The molecule has 1 aliphatic rings. The Morgan fingerprint density at radius 3 is 2.55 bits per heavy atom. The van der Waals surface area contributed by atoms with Gasteiger partial charge in [0.15, 0.2) is 0 Å². The second-order valence-electron chi connectivity index (χ2n) is 8.43. The van der Waals surface area contributed by atoms with E-state index in [4.69, 9.17) is 4.74 Å². The van der Waals surface area contributed by atoms with Gasteiger partial charge in [-0.2, -0.15) is 0 Å². The zero-order valence-corrected chi connectivity index (χ0v) is 19.7. The van der Waals surface area contributed by atoms with Gasteiger partial charge in [-0.15, -0.1) is 11.3 Å². The average Bonchev–Trinajstić information content (AvgIpc) is 3.54. The fourth-order valence-corrected chi connectivity index (χ4v) is 5.10. The molecule has 1 fully saturated rings. The number of ether oxygens (including phenoxy) is 1. The van der Waals surface area contributed by atoms with Crippen LogP contribution in [0.2, 0.25) is 0 Å². The highest BCUT2D eigenvalue weighted by molar-refractivity contribution is 7.10. The van der Waals surface area contributed by atoms with Crippen molar-refractivity contribution in [3.8, 4) is 5.75 Å². The van der Waals surface area contributed by atoms with Crippen LogP contribution in [0.15, 0.2) is 72.1 Å². The van der Waals surface area contributed by atoms with E-state index in [9.17, 15) is 9.59 Å². The fraction of sp³-hybridized carbons (Fsp3) is 0.333. The third kappa shape index (κ3) is 6.02. The Labute approximate surface area is 199 Å². The van der Waals surface area contributed by atoms with Gasteiger partial charge in [0.25, 0.3) is 0 Å². The smallest absolute Gasteiger partial charge is 0.247 e. The summed E-state index contributed by atoms with van der Waals surface area (Å²) in [7, 11) is 1.61. The molecular weight excluding hydrogens is 432 g/mol. The van der Waals surface area contributed by atoms with E-state index in [1.165, 1.54) is 0 Å². The number of amides is 2. The lowest BCUT2D eigenvalue weighted by molar-refractivity contribution is -0.141. The second-order valence-corrected chi connectivity index (χ2v) is 9.46. The molecule has 1 aromatic heterocycles. The molecule has 5 nitrogen and oxygen atoms in total. The normalized spacial score (nSPS) is 14.6. The summed E-state index contributed by atoms with van der Waals surface area (Å²) in [6, 6.07) is 20.6. The van der Waals surface area contributed by atoms with Crippen LogP contribution in [0.3, 0.4) is 0 Å². The van der Waals surface area contributed by atoms with Crippen LogP contribution in [0.1, 0.15) is 47.7 Å². The lowest BCUT2D eigenvalue weighted by Gasteiger charge is -2.32. The van der Waals surface area contributed by atoms with E-state index >= 15 is 0 Å². The number of nitrogens with one attached hydrogen (secondary N) is 1. The Morgan fingerprint density at radius 2 is 1.85 bits per heavy atom. The third-order valence-corrected chi connectivity index (χ3v) is 6.97. The van der Waals surface area contributed by atoms with Gasteiger partial charge in [0.1, 0.15) is 11.8 Å². The molecule has 1 N–H and O–H groups in total. The third-order valence-electron chi connectivity index (χ3n) is 6.09. The molecule has 172 valence electrons. The zero-order chi connectivity index (χ0) is 23.0. The van der Waals surface area contributed by atoms with Crippen LogP contribution in [0, 0.1) is 0 Å². The van der Waals surface area contributed by atoms with Gasteiger partial charge in [0.2, 0.25) is 11.8 Å². The van der Waals surface area contributed by atoms with E-state index in [-0.39, 0.29) is 24.3 Å². The first-order chi connectivity index (χ1) is 16.1. The van der Waals surface area contributed by atoms with Crippen molar-refractivity contribution >= 4 is 23.2 Å². The highest BCUT2D eigenvalue weighted by atomic mass is 32.1. The summed E-state index contributed by atoms with van der Waals surface area (Å²) in [5.41, 5.74) is 1.74. The van der Waals surface area contributed by atoms with E-state index in [0.29, 0.717) is 12.3 Å². The van der Waals surface area contributed by atoms with Gasteiger partial charge in [-0.25, -0.2) is 0 Å². The van der Waals surface area contributed by atoms with Gasteiger partial charge in [-0.05, 0) is 47.5 Å². The molecule has 0 bridgehead atoms. The summed E-state index contributed by atoms with van der Waals surface area (Å²) in [4.78, 5) is 30.0. The molecule has 2 amide bonds. The molecule has 0 saturated heterocycles. The minimum atomic E-state index is -0.742. The van der Waals surface area contributed by atoms with Gasteiger partial charge in [0, 0.05) is 17.5 Å². The molecule has 0 spiro atoms. The number of carbonyl (C=O) groups excluding carboxylic acids is 2. The standard InChI is InChI=1S/C27H30N2O3S/c1-32-23-14-7-11-21(17-23)26(27(31)28-22-12-5-6-13-22)29(19-20-9-3-2-4-10-20)25(30)18-24-15-8-16-33-24/h2-4,7-11,14-17,22,26H,5-6,12-13,18-19H2,1H3,(H,28,31). The molecule has 0 radical (unpaired) electrons. The first-order valence-corrected chi connectivity index (χ1v) is 12.3. The SMILES string of the molecule is COc1cccc(C(C(=O)NC2CCCC2)N(Cc2ccccc2)C(=O)Cc2cccs2)c1. The number of carbonyl (C=O) groups is 2. The summed E-state index contributed by atoms with van der Waals surface area (Å²) < 4.78 is 5.43. The Morgan fingerprint density at radius 1 is 1.06 bits per heavy atom. The number of hydrogen-bond acceptors (Lipinski definition) is 4. The molecule has 1 atom stereocenters. The predicted molar refractivity (Wildman–Crippen MR) is 131 cm³/mol. The van der Waals surface area contributed by atoms with Gasteiger partial charge in [-0.3, -0.25) is 9.59 Å². The lowest BCUT2D eigenvalue weighted by Crippen LogP contribution is -2.46. The van der Waals surface area contributed by atoms with Crippen molar-refractivity contribution in [1.29, 1.82) is 0 Å². The summed E-state index contributed by atoms with van der Waals surface area (Å²) in [6.45, 7) is 0.352. The molecule has 2 aromatic carbocycles. The van der Waals surface area contributed by atoms with Crippen molar-refractivity contribution in [1.82, 2.24) is 10.2 Å². The van der Waals surface area contributed by atoms with E-state index in [2.05, 4.69) is 5.32 Å². The maximum absolute atomic E-state index is 13.7. The Kier molecular flexibility index (Phi) is 7.79. The van der Waals surface area contributed by atoms with Crippen molar-refractivity contribution in [3.63, 3.8) is 0 Å². The first-order valence-electron chi connectivity index (χ1n) is 11.4. The number of thiophene rings is 1. The van der Waals surface area contributed by atoms with E-state index in [0.717, 1.165) is 41.7 Å². The van der Waals surface area contributed by atoms with E-state index in [1.54, 1.807) is 23.3 Å². The Balaban J connectivity index is 1.71. The van der Waals surface area contributed by atoms with Crippen LogP contribution in [0.25, 0.3) is 0 Å². The van der Waals surface area contributed by atoms with Crippen molar-refractivity contribution in [3.05, 3.63) is 88.1 Å². The van der Waals surface area contributed by atoms with Crippen LogP contribution in [0.4, 0.5) is 0 Å². The number of rotatable bonds is 9. The number of nitrogens with zero attached hydrogens (tertiary/aromatic N) is 1.